The molecular formula is C27H16Br2N2O8. The van der Waals surface area contributed by atoms with E-state index < -0.39 is 23.7 Å². The number of imide groups is 1. The summed E-state index contributed by atoms with van der Waals surface area (Å²) in [7, 11) is 0. The van der Waals surface area contributed by atoms with Crippen LogP contribution in [0, 0.1) is 0 Å². The summed E-state index contributed by atoms with van der Waals surface area (Å²) in [6.45, 7) is -0.0647. The average Bonchev–Trinajstić information content (AvgIpc) is 3.24. The van der Waals surface area contributed by atoms with Gasteiger partial charge in [0.2, 0.25) is 0 Å². The van der Waals surface area contributed by atoms with Gasteiger partial charge in [-0.2, -0.15) is 0 Å². The molecule has 0 spiro atoms. The SMILES string of the molecule is O=C(NCCN1C(=O)C=CC1=O)c1ccc(-c2c3ccc(=O)c(Br)c-3oc3c(Br)c(O)ccc23)c(C(=O)O)c1. The molecule has 0 bridgehead atoms. The summed E-state index contributed by atoms with van der Waals surface area (Å²) in [6.07, 6.45) is 2.28. The highest BCUT2D eigenvalue weighted by molar-refractivity contribution is 9.11. The number of nitrogens with one attached hydrogen (secondary N) is 1. The molecular weight excluding hydrogens is 640 g/mol. The Hall–Kier alpha value is -4.29. The number of rotatable bonds is 6. The number of hydrogen-bond donors (Lipinski definition) is 3. The van der Waals surface area contributed by atoms with E-state index in [1.165, 1.54) is 36.4 Å². The van der Waals surface area contributed by atoms with Crippen LogP contribution in [0.1, 0.15) is 20.7 Å². The molecule has 3 N–H and O–H groups in total. The number of aromatic carboxylic acids is 1. The Morgan fingerprint density at radius 3 is 2.31 bits per heavy atom. The lowest BCUT2D eigenvalue weighted by atomic mass is 9.90. The van der Waals surface area contributed by atoms with E-state index in [0.717, 1.165) is 17.1 Å². The number of carbonyl (C=O) groups excluding carboxylic acids is 3. The number of carbonyl (C=O) groups is 4. The number of carboxylic acid groups (broad SMARTS) is 1. The zero-order valence-electron chi connectivity index (χ0n) is 19.7. The highest BCUT2D eigenvalue weighted by Gasteiger charge is 2.27. The Balaban J connectivity index is 1.59. The van der Waals surface area contributed by atoms with Crippen LogP contribution in [0.4, 0.5) is 0 Å². The van der Waals surface area contributed by atoms with Crippen molar-refractivity contribution in [1.29, 1.82) is 0 Å². The lowest BCUT2D eigenvalue weighted by Crippen LogP contribution is -2.38. The molecule has 2 aromatic carbocycles. The van der Waals surface area contributed by atoms with Gasteiger partial charge in [0, 0.05) is 47.3 Å². The van der Waals surface area contributed by atoms with Crippen molar-refractivity contribution in [1.82, 2.24) is 10.2 Å². The number of hydrogen-bond acceptors (Lipinski definition) is 7. The van der Waals surface area contributed by atoms with E-state index in [2.05, 4.69) is 37.2 Å². The molecule has 0 fully saturated rings. The number of halogens is 2. The number of nitrogens with zero attached hydrogens (tertiary/aromatic N) is 1. The first kappa shape index (κ1) is 26.3. The molecule has 0 saturated heterocycles. The standard InChI is InChI=1S/C27H16Br2N2O8/c28-22-17(32)5-3-14-21(15-4-6-18(33)23(29)25(15)39-24(14)22)13-2-1-12(11-16(13)27(37)38)26(36)30-9-10-31-19(34)7-8-20(31)35/h1-8,11,32H,9-10H2,(H,30,36)(H,37,38). The molecule has 3 amide bonds. The van der Waals surface area contributed by atoms with Crippen molar-refractivity contribution < 1.29 is 33.8 Å². The number of phenols is 1. The van der Waals surface area contributed by atoms with Crippen molar-refractivity contribution in [3.05, 3.63) is 84.9 Å². The van der Waals surface area contributed by atoms with Gasteiger partial charge in [-0.25, -0.2) is 4.79 Å². The number of amides is 3. The molecule has 5 rings (SSSR count). The van der Waals surface area contributed by atoms with Gasteiger partial charge >= 0.3 is 5.97 Å². The Bertz CT molecular complexity index is 1780. The van der Waals surface area contributed by atoms with E-state index in [4.69, 9.17) is 4.42 Å². The van der Waals surface area contributed by atoms with Crippen LogP contribution in [-0.4, -0.2) is 51.9 Å². The van der Waals surface area contributed by atoms with E-state index in [1.54, 1.807) is 6.07 Å². The van der Waals surface area contributed by atoms with Crippen molar-refractivity contribution in [3.63, 3.8) is 0 Å². The fraction of sp³-hybridized carbons (Fsp3) is 0.0741. The minimum atomic E-state index is -1.31. The zero-order chi connectivity index (χ0) is 28.0. The lowest BCUT2D eigenvalue weighted by molar-refractivity contribution is -0.136. The average molecular weight is 656 g/mol. The maximum atomic E-state index is 12.8. The summed E-state index contributed by atoms with van der Waals surface area (Å²) < 4.78 is 6.31. The molecule has 0 atom stereocenters. The van der Waals surface area contributed by atoms with Crippen LogP contribution in [0.3, 0.4) is 0 Å². The second kappa shape index (κ2) is 10.1. The van der Waals surface area contributed by atoms with Gasteiger partial charge in [-0.15, -0.1) is 0 Å². The molecule has 196 valence electrons. The second-order valence-electron chi connectivity index (χ2n) is 8.49. The van der Waals surface area contributed by atoms with Gasteiger partial charge < -0.3 is 19.9 Å². The number of benzene rings is 3. The Morgan fingerprint density at radius 1 is 0.923 bits per heavy atom. The first-order chi connectivity index (χ1) is 18.6. The molecule has 2 aliphatic heterocycles. The van der Waals surface area contributed by atoms with Gasteiger partial charge in [-0.3, -0.25) is 24.1 Å². The smallest absolute Gasteiger partial charge is 0.336 e. The van der Waals surface area contributed by atoms with E-state index in [9.17, 15) is 34.2 Å². The molecule has 0 aromatic heterocycles. The molecule has 10 nitrogen and oxygen atoms in total. The monoisotopic (exact) mass is 654 g/mol. The van der Waals surface area contributed by atoms with Gasteiger partial charge in [0.15, 0.2) is 16.8 Å². The topological polar surface area (TPSA) is 154 Å². The number of aromatic hydroxyl groups is 1. The van der Waals surface area contributed by atoms with Crippen molar-refractivity contribution in [2.45, 2.75) is 0 Å². The van der Waals surface area contributed by atoms with Crippen molar-refractivity contribution >= 4 is 66.5 Å². The largest absolute Gasteiger partial charge is 0.507 e. The van der Waals surface area contributed by atoms with E-state index >= 15 is 0 Å². The summed E-state index contributed by atoms with van der Waals surface area (Å²) in [6, 6.07) is 9.96. The maximum absolute atomic E-state index is 12.8. The third kappa shape index (κ3) is 4.61. The van der Waals surface area contributed by atoms with Crippen LogP contribution in [0.25, 0.3) is 33.4 Å². The zero-order valence-corrected chi connectivity index (χ0v) is 22.8. The Kier molecular flexibility index (Phi) is 6.83. The van der Waals surface area contributed by atoms with Gasteiger partial charge in [0.1, 0.15) is 14.7 Å². The van der Waals surface area contributed by atoms with Crippen molar-refractivity contribution in [3.8, 4) is 28.2 Å². The minimum absolute atomic E-state index is 0.0271. The summed E-state index contributed by atoms with van der Waals surface area (Å²) in [4.78, 5) is 61.9. The molecule has 0 saturated carbocycles. The molecule has 0 unspecified atom stereocenters. The van der Waals surface area contributed by atoms with Crippen LogP contribution in [0.2, 0.25) is 0 Å². The highest BCUT2D eigenvalue weighted by atomic mass is 79.9. The van der Waals surface area contributed by atoms with Crippen molar-refractivity contribution in [2.24, 2.45) is 0 Å². The highest BCUT2D eigenvalue weighted by Crippen LogP contribution is 2.46. The molecule has 12 heteroatoms. The molecule has 3 aliphatic rings. The van der Waals surface area contributed by atoms with Crippen molar-refractivity contribution in [2.75, 3.05) is 13.1 Å². The molecule has 39 heavy (non-hydrogen) atoms. The minimum Gasteiger partial charge on any atom is -0.507 e. The van der Waals surface area contributed by atoms with Crippen LogP contribution in [-0.2, 0) is 9.59 Å². The fourth-order valence-electron chi connectivity index (χ4n) is 4.33. The molecule has 0 radical (unpaired) electrons. The first-order valence-corrected chi connectivity index (χ1v) is 12.9. The lowest BCUT2D eigenvalue weighted by Gasteiger charge is -2.19. The quantitative estimate of drug-likeness (QED) is 0.207. The Labute approximate surface area is 236 Å². The van der Waals surface area contributed by atoms with E-state index in [1.807, 2.05) is 0 Å². The third-order valence-corrected chi connectivity index (χ3v) is 7.70. The van der Waals surface area contributed by atoms with Crippen LogP contribution >= 0.6 is 31.9 Å². The molecule has 2 aromatic rings. The van der Waals surface area contributed by atoms with E-state index in [0.29, 0.717) is 16.5 Å². The van der Waals surface area contributed by atoms with Crippen LogP contribution in [0.5, 0.6) is 5.75 Å². The predicted molar refractivity (Wildman–Crippen MR) is 147 cm³/mol. The van der Waals surface area contributed by atoms with Gasteiger partial charge in [-0.1, -0.05) is 6.07 Å². The molecule has 2 heterocycles. The predicted octanol–water partition coefficient (Wildman–Crippen LogP) is 4.15. The fourth-order valence-corrected chi connectivity index (χ4v) is 5.18. The second-order valence-corrected chi connectivity index (χ2v) is 10.1. The van der Waals surface area contributed by atoms with E-state index in [-0.39, 0.29) is 61.2 Å². The van der Waals surface area contributed by atoms with Gasteiger partial charge in [0.05, 0.1) is 5.56 Å². The summed E-state index contributed by atoms with van der Waals surface area (Å²) >= 11 is 6.54. The van der Waals surface area contributed by atoms with Crippen LogP contribution in [0.15, 0.2) is 72.8 Å². The number of carboxylic acids is 1. The van der Waals surface area contributed by atoms with Gasteiger partial charge in [-0.05, 0) is 73.8 Å². The Morgan fingerprint density at radius 2 is 1.62 bits per heavy atom. The first-order valence-electron chi connectivity index (χ1n) is 11.3. The summed E-state index contributed by atoms with van der Waals surface area (Å²) in [5.74, 6) is -2.83. The molecule has 1 aliphatic carbocycles. The summed E-state index contributed by atoms with van der Waals surface area (Å²) in [5, 5.41) is 23.4. The maximum Gasteiger partial charge on any atom is 0.336 e. The third-order valence-electron chi connectivity index (χ3n) is 6.18. The van der Waals surface area contributed by atoms with Crippen LogP contribution < -0.4 is 10.7 Å². The number of phenolic OH excluding ortho intramolecular Hbond substituents is 1. The number of fused-ring (bicyclic) bond motifs is 2. The summed E-state index contributed by atoms with van der Waals surface area (Å²) in [5.41, 5.74) is 0.762. The normalized spacial score (nSPS) is 13.0. The van der Waals surface area contributed by atoms with Gasteiger partial charge in [0.25, 0.3) is 17.7 Å².